The second-order valence-electron chi connectivity index (χ2n) is 7.32. The van der Waals surface area contributed by atoms with Gasteiger partial charge in [-0.2, -0.15) is 0 Å². The number of nitrogens with zero attached hydrogens (tertiary/aromatic N) is 3. The maximum atomic E-state index is 13.1. The van der Waals surface area contributed by atoms with Crippen LogP contribution in [0.5, 0.6) is 0 Å². The molecule has 0 saturated heterocycles. The number of hydrogen-bond donors (Lipinski definition) is 1. The first-order valence-electron chi connectivity index (χ1n) is 9.43. The highest BCUT2D eigenvalue weighted by molar-refractivity contribution is 7.92. The number of aromatic nitrogens is 3. The van der Waals surface area contributed by atoms with Crippen molar-refractivity contribution in [2.24, 2.45) is 7.05 Å². The minimum atomic E-state index is -3.76. The number of rotatable bonds is 6. The summed E-state index contributed by atoms with van der Waals surface area (Å²) in [7, 11) is -1.95. The van der Waals surface area contributed by atoms with Crippen LogP contribution >= 0.6 is 0 Å². The summed E-state index contributed by atoms with van der Waals surface area (Å²) in [6.45, 7) is 5.62. The zero-order valence-corrected chi connectivity index (χ0v) is 17.3. The molecule has 8 heteroatoms. The van der Waals surface area contributed by atoms with Crippen LogP contribution in [0.4, 0.5) is 5.69 Å². The van der Waals surface area contributed by atoms with Gasteiger partial charge < -0.3 is 8.98 Å². The molecule has 1 fully saturated rings. The maximum Gasteiger partial charge on any atom is 0.264 e. The van der Waals surface area contributed by atoms with Gasteiger partial charge in [0.15, 0.2) is 0 Å². The SMILES string of the molecule is CCc1ccc(NS(=O)(=O)c2c(C)c(-c3nnc(C4CC4)o3)n(C)c2C)cc1. The minimum Gasteiger partial charge on any atom is -0.419 e. The van der Waals surface area contributed by atoms with Crippen molar-refractivity contribution >= 4 is 15.7 Å². The summed E-state index contributed by atoms with van der Waals surface area (Å²) in [6, 6.07) is 7.41. The van der Waals surface area contributed by atoms with Crippen LogP contribution in [0, 0.1) is 13.8 Å². The highest BCUT2D eigenvalue weighted by Crippen LogP contribution is 2.41. The van der Waals surface area contributed by atoms with E-state index in [4.69, 9.17) is 4.42 Å². The second kappa shape index (κ2) is 6.77. The van der Waals surface area contributed by atoms with Crippen molar-refractivity contribution in [3.05, 3.63) is 47.0 Å². The first kappa shape index (κ1) is 18.7. The first-order valence-corrected chi connectivity index (χ1v) is 10.9. The van der Waals surface area contributed by atoms with Gasteiger partial charge in [0.25, 0.3) is 15.9 Å². The Bertz CT molecular complexity index is 1120. The molecular formula is C20H24N4O3S. The Kier molecular flexibility index (Phi) is 4.53. The number of hydrogen-bond acceptors (Lipinski definition) is 5. The van der Waals surface area contributed by atoms with Crippen molar-refractivity contribution in [2.45, 2.75) is 50.8 Å². The second-order valence-corrected chi connectivity index (χ2v) is 8.94. The van der Waals surface area contributed by atoms with Gasteiger partial charge in [0.1, 0.15) is 10.6 Å². The topological polar surface area (TPSA) is 90.0 Å². The van der Waals surface area contributed by atoms with E-state index in [1.54, 1.807) is 30.5 Å². The average molecular weight is 401 g/mol. The van der Waals surface area contributed by atoms with Crippen molar-refractivity contribution in [1.29, 1.82) is 0 Å². The van der Waals surface area contributed by atoms with Gasteiger partial charge >= 0.3 is 0 Å². The monoisotopic (exact) mass is 400 g/mol. The van der Waals surface area contributed by atoms with Gasteiger partial charge in [-0.05, 0) is 50.8 Å². The third-order valence-electron chi connectivity index (χ3n) is 5.32. The number of aryl methyl sites for hydroxylation is 1. The lowest BCUT2D eigenvalue weighted by atomic mass is 10.2. The van der Waals surface area contributed by atoms with Crippen molar-refractivity contribution in [1.82, 2.24) is 14.8 Å². The van der Waals surface area contributed by atoms with Crippen molar-refractivity contribution in [3.63, 3.8) is 0 Å². The molecule has 0 radical (unpaired) electrons. The highest BCUT2D eigenvalue weighted by Gasteiger charge is 2.32. The fraction of sp³-hybridized carbons (Fsp3) is 0.400. The molecule has 7 nitrogen and oxygen atoms in total. The standard InChI is InChI=1S/C20H24N4O3S/c1-5-14-6-10-16(11-7-14)23-28(25,26)18-12(2)17(24(4)13(18)3)20-22-21-19(27-20)15-8-9-15/h6-7,10-11,15,23H,5,8-9H2,1-4H3. The molecule has 0 spiro atoms. The summed E-state index contributed by atoms with van der Waals surface area (Å²) in [4.78, 5) is 0.246. The molecule has 2 heterocycles. The lowest BCUT2D eigenvalue weighted by Gasteiger charge is -2.09. The Morgan fingerprint density at radius 1 is 1.18 bits per heavy atom. The van der Waals surface area contributed by atoms with Gasteiger partial charge in [-0.15, -0.1) is 10.2 Å². The summed E-state index contributed by atoms with van der Waals surface area (Å²) >= 11 is 0. The molecule has 0 unspecified atom stereocenters. The smallest absolute Gasteiger partial charge is 0.264 e. The molecule has 1 aliphatic rings. The molecule has 4 rings (SSSR count). The fourth-order valence-corrected chi connectivity index (χ4v) is 5.06. The fourth-order valence-electron chi connectivity index (χ4n) is 3.49. The van der Waals surface area contributed by atoms with Crippen LogP contribution in [-0.4, -0.2) is 23.2 Å². The first-order chi connectivity index (χ1) is 13.3. The zero-order valence-electron chi connectivity index (χ0n) is 16.5. The summed E-state index contributed by atoms with van der Waals surface area (Å²) in [5.74, 6) is 1.34. The normalized spacial score (nSPS) is 14.4. The molecule has 0 amide bonds. The summed E-state index contributed by atoms with van der Waals surface area (Å²) in [5, 5.41) is 8.28. The predicted molar refractivity (Wildman–Crippen MR) is 107 cm³/mol. The van der Waals surface area contributed by atoms with Crippen LogP contribution in [0.1, 0.15) is 48.4 Å². The van der Waals surface area contributed by atoms with Gasteiger partial charge in [-0.25, -0.2) is 8.42 Å². The van der Waals surface area contributed by atoms with E-state index < -0.39 is 10.0 Å². The van der Waals surface area contributed by atoms with Crippen LogP contribution < -0.4 is 4.72 Å². The molecular weight excluding hydrogens is 376 g/mol. The summed E-state index contributed by atoms with van der Waals surface area (Å²) < 4.78 is 36.6. The van der Waals surface area contributed by atoms with E-state index in [-0.39, 0.29) is 4.90 Å². The van der Waals surface area contributed by atoms with Crippen molar-refractivity contribution in [3.8, 4) is 11.6 Å². The Hall–Kier alpha value is -2.61. The molecule has 0 atom stereocenters. The maximum absolute atomic E-state index is 13.1. The van der Waals surface area contributed by atoms with Crippen LogP contribution in [-0.2, 0) is 23.5 Å². The third kappa shape index (κ3) is 3.22. The number of nitrogens with one attached hydrogen (secondary N) is 1. The molecule has 0 aliphatic heterocycles. The zero-order chi connectivity index (χ0) is 20.1. The van der Waals surface area contributed by atoms with Crippen molar-refractivity contribution in [2.75, 3.05) is 4.72 Å². The summed E-state index contributed by atoms with van der Waals surface area (Å²) in [6.07, 6.45) is 3.03. The largest absolute Gasteiger partial charge is 0.419 e. The number of sulfonamides is 1. The molecule has 3 aromatic rings. The molecule has 1 aromatic carbocycles. The molecule has 148 valence electrons. The van der Waals surface area contributed by atoms with Gasteiger partial charge in [0.05, 0.1) is 0 Å². The van der Waals surface area contributed by atoms with Crippen LogP contribution in [0.2, 0.25) is 0 Å². The highest BCUT2D eigenvalue weighted by atomic mass is 32.2. The van der Waals surface area contributed by atoms with E-state index in [1.165, 1.54) is 0 Å². The van der Waals surface area contributed by atoms with E-state index in [9.17, 15) is 8.42 Å². The Morgan fingerprint density at radius 3 is 2.46 bits per heavy atom. The van der Waals surface area contributed by atoms with E-state index in [1.807, 2.05) is 19.2 Å². The third-order valence-corrected chi connectivity index (χ3v) is 6.96. The molecule has 1 aliphatic carbocycles. The Balaban J connectivity index is 1.72. The Labute approximate surface area is 164 Å². The average Bonchev–Trinajstić information content (AvgIpc) is 3.35. The lowest BCUT2D eigenvalue weighted by molar-refractivity contribution is 0.504. The van der Waals surface area contributed by atoms with E-state index in [0.717, 1.165) is 24.8 Å². The molecule has 28 heavy (non-hydrogen) atoms. The molecule has 0 bridgehead atoms. The van der Waals surface area contributed by atoms with Gasteiger partial charge in [-0.1, -0.05) is 19.1 Å². The molecule has 2 aromatic heterocycles. The molecule has 1 N–H and O–H groups in total. The van der Waals surface area contributed by atoms with Crippen LogP contribution in [0.25, 0.3) is 11.6 Å². The van der Waals surface area contributed by atoms with E-state index in [2.05, 4.69) is 21.8 Å². The molecule has 1 saturated carbocycles. The van der Waals surface area contributed by atoms with Gasteiger partial charge in [0.2, 0.25) is 5.89 Å². The van der Waals surface area contributed by atoms with E-state index >= 15 is 0 Å². The van der Waals surface area contributed by atoms with Crippen molar-refractivity contribution < 1.29 is 12.8 Å². The predicted octanol–water partition coefficient (Wildman–Crippen LogP) is 3.93. The lowest BCUT2D eigenvalue weighted by Crippen LogP contribution is -2.14. The Morgan fingerprint density at radius 2 is 1.86 bits per heavy atom. The summed E-state index contributed by atoms with van der Waals surface area (Å²) in [5.41, 5.74) is 3.55. The minimum absolute atomic E-state index is 0.246. The number of anilines is 1. The van der Waals surface area contributed by atoms with E-state index in [0.29, 0.717) is 40.3 Å². The quantitative estimate of drug-likeness (QED) is 0.677. The number of benzene rings is 1. The van der Waals surface area contributed by atoms with Crippen LogP contribution in [0.15, 0.2) is 33.6 Å². The van der Waals surface area contributed by atoms with Gasteiger partial charge in [0, 0.05) is 29.9 Å². The van der Waals surface area contributed by atoms with Crippen LogP contribution in [0.3, 0.4) is 0 Å². The van der Waals surface area contributed by atoms with Gasteiger partial charge in [-0.3, -0.25) is 4.72 Å².